The fourth-order valence-electron chi connectivity index (χ4n) is 5.33. The van der Waals surface area contributed by atoms with E-state index >= 15 is 0 Å². The maximum atomic E-state index is 6.58. The number of hydrogen-bond donors (Lipinski definition) is 0. The second-order valence-electron chi connectivity index (χ2n) is 10.4. The van der Waals surface area contributed by atoms with Crippen LogP contribution in [-0.4, -0.2) is 59.9 Å². The third-order valence-electron chi connectivity index (χ3n) is 7.48. The molecule has 2 saturated heterocycles. The molecule has 2 aliphatic heterocycles. The number of piperazine rings is 1. The van der Waals surface area contributed by atoms with E-state index in [4.69, 9.17) is 37.4 Å². The molecule has 2 atom stereocenters. The zero-order valence-electron chi connectivity index (χ0n) is 22.5. The van der Waals surface area contributed by atoms with Crippen molar-refractivity contribution >= 4 is 44.8 Å². The Morgan fingerprint density at radius 3 is 2.46 bits per heavy atom. The van der Waals surface area contributed by atoms with Crippen LogP contribution >= 0.6 is 39.1 Å². The number of ether oxygens (including phenoxy) is 3. The largest absolute Gasteiger partial charge is 0.491 e. The van der Waals surface area contributed by atoms with Crippen LogP contribution in [-0.2, 0) is 28.4 Å². The molecular weight excluding hydrogens is 627 g/mol. The fraction of sp³-hybridized carbons (Fsp3) is 0.323. The van der Waals surface area contributed by atoms with Gasteiger partial charge in [-0.05, 0) is 54.1 Å². The number of hydrogen-bond acceptors (Lipinski definition) is 6. The predicted octanol–water partition coefficient (Wildman–Crippen LogP) is 6.62. The Hall–Kier alpha value is -2.59. The minimum Gasteiger partial charge on any atom is -0.491 e. The van der Waals surface area contributed by atoms with Crippen molar-refractivity contribution in [2.75, 3.05) is 44.3 Å². The van der Waals surface area contributed by atoms with E-state index in [9.17, 15) is 0 Å². The molecule has 4 aromatic rings. The first kappa shape index (κ1) is 28.5. The van der Waals surface area contributed by atoms with Gasteiger partial charge < -0.3 is 23.7 Å². The predicted molar refractivity (Wildman–Crippen MR) is 165 cm³/mol. The summed E-state index contributed by atoms with van der Waals surface area (Å²) in [6.07, 6.45) is 5.04. The molecule has 7 nitrogen and oxygen atoms in total. The van der Waals surface area contributed by atoms with Gasteiger partial charge in [0, 0.05) is 65.9 Å². The van der Waals surface area contributed by atoms with Crippen molar-refractivity contribution in [2.45, 2.75) is 25.0 Å². The summed E-state index contributed by atoms with van der Waals surface area (Å²) in [5, 5.41) is 1.05. The van der Waals surface area contributed by atoms with Crippen LogP contribution < -0.4 is 9.64 Å². The Morgan fingerprint density at radius 2 is 1.76 bits per heavy atom. The van der Waals surface area contributed by atoms with Crippen LogP contribution in [0.2, 0.25) is 10.0 Å². The smallest absolute Gasteiger partial charge is 0.215 e. The molecule has 214 valence electrons. The summed E-state index contributed by atoms with van der Waals surface area (Å²) in [5.74, 6) is -0.275. The second kappa shape index (κ2) is 12.7. The van der Waals surface area contributed by atoms with Gasteiger partial charge in [-0.1, -0.05) is 57.3 Å². The lowest BCUT2D eigenvalue weighted by atomic mass is 10.1. The lowest BCUT2D eigenvalue weighted by Gasteiger charge is -2.36. The molecule has 6 rings (SSSR count). The molecule has 0 unspecified atom stereocenters. The van der Waals surface area contributed by atoms with E-state index in [1.807, 2.05) is 29.0 Å². The van der Waals surface area contributed by atoms with Crippen molar-refractivity contribution in [2.24, 2.45) is 0 Å². The summed E-state index contributed by atoms with van der Waals surface area (Å²) < 4.78 is 21.9. The van der Waals surface area contributed by atoms with Crippen molar-refractivity contribution in [3.8, 4) is 5.75 Å². The molecule has 0 radical (unpaired) electrons. The molecule has 1 aromatic heterocycles. The van der Waals surface area contributed by atoms with Gasteiger partial charge in [0.25, 0.3) is 0 Å². The van der Waals surface area contributed by atoms with Crippen molar-refractivity contribution in [1.29, 1.82) is 0 Å². The molecule has 0 spiro atoms. The number of halogens is 3. The van der Waals surface area contributed by atoms with Crippen molar-refractivity contribution < 1.29 is 14.2 Å². The zero-order valence-corrected chi connectivity index (χ0v) is 25.6. The highest BCUT2D eigenvalue weighted by Crippen LogP contribution is 2.40. The van der Waals surface area contributed by atoms with Gasteiger partial charge in [-0.15, -0.1) is 0 Å². The van der Waals surface area contributed by atoms with Gasteiger partial charge in [0.2, 0.25) is 5.79 Å². The van der Waals surface area contributed by atoms with Crippen LogP contribution in [0.5, 0.6) is 5.75 Å². The number of anilines is 1. The molecule has 10 heteroatoms. The van der Waals surface area contributed by atoms with Crippen LogP contribution in [0.4, 0.5) is 5.69 Å². The van der Waals surface area contributed by atoms with E-state index in [2.05, 4.69) is 67.1 Å². The highest BCUT2D eigenvalue weighted by molar-refractivity contribution is 9.10. The topological polar surface area (TPSA) is 52.0 Å². The Kier molecular flexibility index (Phi) is 8.86. The van der Waals surface area contributed by atoms with E-state index in [0.717, 1.165) is 48.5 Å². The van der Waals surface area contributed by atoms with Gasteiger partial charge in [-0.3, -0.25) is 4.90 Å². The van der Waals surface area contributed by atoms with E-state index in [-0.39, 0.29) is 6.10 Å². The highest BCUT2D eigenvalue weighted by Gasteiger charge is 2.45. The van der Waals surface area contributed by atoms with Crippen LogP contribution in [0.15, 0.2) is 89.9 Å². The van der Waals surface area contributed by atoms with E-state index in [1.54, 1.807) is 24.7 Å². The first-order chi connectivity index (χ1) is 20.0. The monoisotopic (exact) mass is 656 g/mol. The maximum absolute atomic E-state index is 6.58. The normalized spacial score (nSPS) is 21.3. The quantitative estimate of drug-likeness (QED) is 0.202. The maximum Gasteiger partial charge on any atom is 0.215 e. The zero-order chi connectivity index (χ0) is 28.2. The standard InChI is InChI=1S/C31H31BrCl2N4O3/c32-24-3-1-23(2-4-24)18-36-13-15-38(16-14-36)26-6-8-27(9-7-26)39-19-28-20-40-31(41-28,21-37-12-11-35-22-37)29-10-5-25(33)17-30(29)34/h1-12,17,22,28H,13-16,18-21H2/t28-,31-/m1/s1. The Morgan fingerprint density at radius 1 is 0.976 bits per heavy atom. The van der Waals surface area contributed by atoms with E-state index in [1.165, 1.54) is 11.3 Å². The van der Waals surface area contributed by atoms with Crippen LogP contribution in [0, 0.1) is 0 Å². The van der Waals surface area contributed by atoms with Crippen molar-refractivity contribution in [1.82, 2.24) is 14.5 Å². The average Bonchev–Trinajstić information content (AvgIpc) is 3.64. The molecular formula is C31H31BrCl2N4O3. The van der Waals surface area contributed by atoms with Crippen molar-refractivity contribution in [3.63, 3.8) is 0 Å². The van der Waals surface area contributed by atoms with E-state index < -0.39 is 5.79 Å². The molecule has 0 amide bonds. The van der Waals surface area contributed by atoms with Crippen LogP contribution in [0.25, 0.3) is 0 Å². The first-order valence-corrected chi connectivity index (χ1v) is 15.2. The number of imidazole rings is 1. The third kappa shape index (κ3) is 6.91. The van der Waals surface area contributed by atoms with Crippen LogP contribution in [0.3, 0.4) is 0 Å². The molecule has 0 saturated carbocycles. The third-order valence-corrected chi connectivity index (χ3v) is 8.56. The highest BCUT2D eigenvalue weighted by atomic mass is 79.9. The van der Waals surface area contributed by atoms with Gasteiger partial charge in [-0.2, -0.15) is 0 Å². The minimum absolute atomic E-state index is 0.274. The lowest BCUT2D eigenvalue weighted by Crippen LogP contribution is -2.45. The lowest BCUT2D eigenvalue weighted by molar-refractivity contribution is -0.189. The summed E-state index contributed by atoms with van der Waals surface area (Å²) in [6, 6.07) is 22.2. The summed E-state index contributed by atoms with van der Waals surface area (Å²) in [5.41, 5.74) is 3.27. The summed E-state index contributed by atoms with van der Waals surface area (Å²) in [6.45, 7) is 6.16. The first-order valence-electron chi connectivity index (χ1n) is 13.6. The molecule has 2 fully saturated rings. The molecule has 2 aliphatic rings. The number of aromatic nitrogens is 2. The van der Waals surface area contributed by atoms with Crippen molar-refractivity contribution in [3.05, 3.63) is 111 Å². The van der Waals surface area contributed by atoms with Gasteiger partial charge in [0.15, 0.2) is 0 Å². The summed E-state index contributed by atoms with van der Waals surface area (Å²) in [7, 11) is 0. The number of nitrogens with zero attached hydrogens (tertiary/aromatic N) is 4. The Bertz CT molecular complexity index is 1430. The SMILES string of the molecule is Clc1ccc([C@]2(Cn3ccnc3)OC[C@@H](COc3ccc(N4CCN(Cc5ccc(Br)cc5)CC4)cc3)O2)c(Cl)c1. The molecule has 0 aliphatic carbocycles. The number of rotatable bonds is 9. The Balaban J connectivity index is 1.03. The van der Waals surface area contributed by atoms with Gasteiger partial charge >= 0.3 is 0 Å². The van der Waals surface area contributed by atoms with E-state index in [0.29, 0.717) is 29.8 Å². The summed E-state index contributed by atoms with van der Waals surface area (Å²) in [4.78, 5) is 9.08. The Labute approximate surface area is 258 Å². The molecule has 3 heterocycles. The van der Waals surface area contributed by atoms with Crippen LogP contribution in [0.1, 0.15) is 11.1 Å². The minimum atomic E-state index is -1.07. The van der Waals surface area contributed by atoms with Gasteiger partial charge in [0.1, 0.15) is 18.5 Å². The second-order valence-corrected chi connectivity index (χ2v) is 12.1. The molecule has 0 N–H and O–H groups in total. The average molecular weight is 658 g/mol. The molecule has 41 heavy (non-hydrogen) atoms. The fourth-order valence-corrected chi connectivity index (χ4v) is 6.15. The molecule has 0 bridgehead atoms. The number of benzene rings is 3. The van der Waals surface area contributed by atoms with Gasteiger partial charge in [0.05, 0.1) is 24.5 Å². The molecule has 3 aromatic carbocycles. The summed E-state index contributed by atoms with van der Waals surface area (Å²) >= 11 is 16.2. The van der Waals surface area contributed by atoms with Gasteiger partial charge in [-0.25, -0.2) is 4.98 Å².